The maximum Gasteiger partial charge on any atom is 0.127 e. The minimum Gasteiger partial charge on any atom is -0.378 e. The van der Waals surface area contributed by atoms with Gasteiger partial charge >= 0.3 is 0 Å². The van der Waals surface area contributed by atoms with Crippen molar-refractivity contribution in [1.82, 2.24) is 15.3 Å². The number of rotatable bonds is 2. The molecule has 0 aliphatic carbocycles. The van der Waals surface area contributed by atoms with Gasteiger partial charge in [0, 0.05) is 13.1 Å². The Hall–Kier alpha value is -1.70. The number of nitrogens with one attached hydrogen (secondary N) is 2. The molecular formula is C16H22FN5O. The third kappa shape index (κ3) is 2.69. The molecular weight excluding hydrogens is 297 g/mol. The number of imidazole rings is 1. The quantitative estimate of drug-likeness (QED) is 0.772. The van der Waals surface area contributed by atoms with Crippen LogP contribution < -0.4 is 16.0 Å². The molecule has 2 aromatic rings. The highest BCUT2D eigenvalue weighted by Crippen LogP contribution is 2.32. The minimum atomic E-state index is -0.469. The van der Waals surface area contributed by atoms with Crippen molar-refractivity contribution in [3.8, 4) is 0 Å². The van der Waals surface area contributed by atoms with E-state index >= 15 is 0 Å². The highest BCUT2D eigenvalue weighted by molar-refractivity contribution is 5.89. The van der Waals surface area contributed by atoms with Gasteiger partial charge in [0.1, 0.15) is 17.2 Å². The minimum absolute atomic E-state index is 0.259. The Kier molecular flexibility index (Phi) is 3.71. The maximum absolute atomic E-state index is 14.1. The van der Waals surface area contributed by atoms with Crippen molar-refractivity contribution in [1.29, 1.82) is 0 Å². The fourth-order valence-electron chi connectivity index (χ4n) is 3.46. The SMILES string of the molecule is NC1(c2nc3c(N4CCOCC4)cc(F)cc3[nH]2)CCNCC1. The van der Waals surface area contributed by atoms with Crippen LogP contribution in [0.25, 0.3) is 11.0 Å². The summed E-state index contributed by atoms with van der Waals surface area (Å²) in [6, 6.07) is 3.06. The molecule has 2 saturated heterocycles. The summed E-state index contributed by atoms with van der Waals surface area (Å²) in [4.78, 5) is 10.2. The van der Waals surface area contributed by atoms with Crippen LogP contribution in [0.3, 0.4) is 0 Å². The highest BCUT2D eigenvalue weighted by Gasteiger charge is 2.33. The molecule has 0 unspecified atom stereocenters. The average molecular weight is 319 g/mol. The summed E-state index contributed by atoms with van der Waals surface area (Å²) in [6.45, 7) is 4.55. The molecule has 2 fully saturated rings. The Morgan fingerprint density at radius 2 is 1.96 bits per heavy atom. The van der Waals surface area contributed by atoms with Gasteiger partial charge in [0.05, 0.1) is 30.0 Å². The molecule has 1 aromatic heterocycles. The van der Waals surface area contributed by atoms with E-state index in [1.165, 1.54) is 6.07 Å². The van der Waals surface area contributed by atoms with E-state index in [0.29, 0.717) is 18.7 Å². The van der Waals surface area contributed by atoms with Crippen LogP contribution in [-0.2, 0) is 10.3 Å². The van der Waals surface area contributed by atoms with E-state index in [1.54, 1.807) is 6.07 Å². The number of ether oxygens (including phenoxy) is 1. The number of aromatic nitrogens is 2. The summed E-state index contributed by atoms with van der Waals surface area (Å²) in [5.41, 5.74) is 8.41. The number of nitrogens with two attached hydrogens (primary N) is 1. The molecule has 124 valence electrons. The van der Waals surface area contributed by atoms with Gasteiger partial charge in [-0.1, -0.05) is 0 Å². The lowest BCUT2D eigenvalue weighted by atomic mass is 9.89. The van der Waals surface area contributed by atoms with E-state index in [0.717, 1.165) is 56.0 Å². The van der Waals surface area contributed by atoms with Gasteiger partial charge in [0.15, 0.2) is 0 Å². The fourth-order valence-corrected chi connectivity index (χ4v) is 3.46. The van der Waals surface area contributed by atoms with Crippen LogP contribution in [0.5, 0.6) is 0 Å². The number of piperidine rings is 1. The number of benzene rings is 1. The predicted octanol–water partition coefficient (Wildman–Crippen LogP) is 1.08. The molecule has 0 radical (unpaired) electrons. The smallest absolute Gasteiger partial charge is 0.127 e. The molecule has 6 nitrogen and oxygen atoms in total. The van der Waals surface area contributed by atoms with Crippen molar-refractivity contribution in [2.45, 2.75) is 18.4 Å². The highest BCUT2D eigenvalue weighted by atomic mass is 19.1. The monoisotopic (exact) mass is 319 g/mol. The van der Waals surface area contributed by atoms with Gasteiger partial charge < -0.3 is 25.7 Å². The summed E-state index contributed by atoms with van der Waals surface area (Å²) in [7, 11) is 0. The number of morpholine rings is 1. The zero-order valence-corrected chi connectivity index (χ0v) is 13.1. The van der Waals surface area contributed by atoms with Gasteiger partial charge in [-0.15, -0.1) is 0 Å². The summed E-state index contributed by atoms with van der Waals surface area (Å²) in [5, 5.41) is 3.31. The van der Waals surface area contributed by atoms with Gasteiger partial charge in [0.25, 0.3) is 0 Å². The Morgan fingerprint density at radius 1 is 1.22 bits per heavy atom. The molecule has 2 aliphatic heterocycles. The van der Waals surface area contributed by atoms with E-state index in [1.807, 2.05) is 0 Å². The average Bonchev–Trinajstić information content (AvgIpc) is 3.00. The van der Waals surface area contributed by atoms with Crippen LogP contribution >= 0.6 is 0 Å². The molecule has 0 saturated carbocycles. The Labute approximate surface area is 134 Å². The molecule has 4 N–H and O–H groups in total. The second-order valence-corrected chi connectivity index (χ2v) is 6.41. The second kappa shape index (κ2) is 5.74. The van der Waals surface area contributed by atoms with Gasteiger partial charge in [-0.3, -0.25) is 0 Å². The zero-order chi connectivity index (χ0) is 15.9. The number of hydrogen-bond acceptors (Lipinski definition) is 5. The molecule has 7 heteroatoms. The first-order valence-electron chi connectivity index (χ1n) is 8.18. The lowest BCUT2D eigenvalue weighted by Gasteiger charge is -2.31. The number of H-pyrrole nitrogens is 1. The maximum atomic E-state index is 14.1. The van der Waals surface area contributed by atoms with Gasteiger partial charge in [-0.25, -0.2) is 9.37 Å². The number of nitrogens with zero attached hydrogens (tertiary/aromatic N) is 2. The summed E-state index contributed by atoms with van der Waals surface area (Å²) < 4.78 is 19.4. The van der Waals surface area contributed by atoms with Crippen molar-refractivity contribution < 1.29 is 9.13 Å². The first-order chi connectivity index (χ1) is 11.2. The summed E-state index contributed by atoms with van der Waals surface area (Å²) in [5.74, 6) is 0.500. The molecule has 23 heavy (non-hydrogen) atoms. The van der Waals surface area contributed by atoms with E-state index in [9.17, 15) is 4.39 Å². The van der Waals surface area contributed by atoms with Gasteiger partial charge in [-0.2, -0.15) is 0 Å². The normalized spacial score (nSPS) is 21.7. The molecule has 1 aromatic carbocycles. The van der Waals surface area contributed by atoms with E-state index in [4.69, 9.17) is 15.5 Å². The predicted molar refractivity (Wildman–Crippen MR) is 87.1 cm³/mol. The third-order valence-electron chi connectivity index (χ3n) is 4.85. The largest absolute Gasteiger partial charge is 0.378 e. The molecule has 0 amide bonds. The fraction of sp³-hybridized carbons (Fsp3) is 0.562. The van der Waals surface area contributed by atoms with Crippen molar-refractivity contribution in [2.75, 3.05) is 44.3 Å². The van der Waals surface area contributed by atoms with Crippen LogP contribution in [-0.4, -0.2) is 49.4 Å². The Bertz CT molecular complexity index is 704. The van der Waals surface area contributed by atoms with Crippen molar-refractivity contribution in [3.63, 3.8) is 0 Å². The standard InChI is InChI=1S/C16H22FN5O/c17-11-9-12-14(13(10-11)22-5-7-23-8-6-22)21-15(20-12)16(18)1-3-19-4-2-16/h9-10,19H,1-8,18H2,(H,20,21). The van der Waals surface area contributed by atoms with Gasteiger partial charge in [-0.05, 0) is 38.1 Å². The molecule has 0 bridgehead atoms. The Morgan fingerprint density at radius 3 is 2.70 bits per heavy atom. The zero-order valence-electron chi connectivity index (χ0n) is 13.1. The van der Waals surface area contributed by atoms with E-state index in [2.05, 4.69) is 15.2 Å². The number of halogens is 1. The molecule has 0 spiro atoms. The Balaban J connectivity index is 1.78. The van der Waals surface area contributed by atoms with Crippen LogP contribution in [0.1, 0.15) is 18.7 Å². The van der Waals surface area contributed by atoms with Crippen LogP contribution in [0.4, 0.5) is 10.1 Å². The first-order valence-corrected chi connectivity index (χ1v) is 8.18. The third-order valence-corrected chi connectivity index (χ3v) is 4.85. The molecule has 0 atom stereocenters. The summed E-state index contributed by atoms with van der Waals surface area (Å²) in [6.07, 6.45) is 1.64. The van der Waals surface area contributed by atoms with Crippen LogP contribution in [0.15, 0.2) is 12.1 Å². The molecule has 2 aliphatic rings. The van der Waals surface area contributed by atoms with Crippen molar-refractivity contribution >= 4 is 16.7 Å². The lowest BCUT2D eigenvalue weighted by molar-refractivity contribution is 0.123. The van der Waals surface area contributed by atoms with E-state index in [-0.39, 0.29) is 5.82 Å². The van der Waals surface area contributed by atoms with Crippen LogP contribution in [0, 0.1) is 5.82 Å². The molecule has 3 heterocycles. The van der Waals surface area contributed by atoms with Crippen LogP contribution in [0.2, 0.25) is 0 Å². The number of fused-ring (bicyclic) bond motifs is 1. The summed E-state index contributed by atoms with van der Waals surface area (Å²) >= 11 is 0. The molecule has 4 rings (SSSR count). The number of aromatic amines is 1. The van der Waals surface area contributed by atoms with Gasteiger partial charge in [0.2, 0.25) is 0 Å². The number of anilines is 1. The van der Waals surface area contributed by atoms with Crippen molar-refractivity contribution in [3.05, 3.63) is 23.8 Å². The first kappa shape index (κ1) is 14.9. The lowest BCUT2D eigenvalue weighted by Crippen LogP contribution is -2.47. The van der Waals surface area contributed by atoms with E-state index < -0.39 is 5.54 Å². The van der Waals surface area contributed by atoms with Crippen molar-refractivity contribution in [2.24, 2.45) is 5.73 Å². The second-order valence-electron chi connectivity index (χ2n) is 6.41. The topological polar surface area (TPSA) is 79.2 Å². The number of hydrogen-bond donors (Lipinski definition) is 3.